The van der Waals surface area contributed by atoms with Crippen molar-refractivity contribution < 1.29 is 14.3 Å². The molecule has 3 aromatic rings. The number of benzene rings is 3. The highest BCUT2D eigenvalue weighted by Crippen LogP contribution is 2.42. The Kier molecular flexibility index (Phi) is 6.94. The second-order valence-electron chi connectivity index (χ2n) is 8.69. The van der Waals surface area contributed by atoms with E-state index in [2.05, 4.69) is 4.90 Å². The maximum absolute atomic E-state index is 13.3. The van der Waals surface area contributed by atoms with Crippen LogP contribution in [0.1, 0.15) is 15.9 Å². The zero-order chi connectivity index (χ0) is 25.2. The smallest absolute Gasteiger partial charge is 0.264 e. The van der Waals surface area contributed by atoms with Crippen LogP contribution in [0.3, 0.4) is 0 Å². The molecule has 0 radical (unpaired) electrons. The number of hydrogen-bond donors (Lipinski definition) is 0. The van der Waals surface area contributed by atoms with Gasteiger partial charge < -0.3 is 19.4 Å². The van der Waals surface area contributed by atoms with Gasteiger partial charge in [-0.15, -0.1) is 0 Å². The molecule has 0 unspecified atom stereocenters. The second kappa shape index (κ2) is 10.3. The predicted molar refractivity (Wildman–Crippen MR) is 146 cm³/mol. The van der Waals surface area contributed by atoms with Crippen molar-refractivity contribution in [1.29, 1.82) is 0 Å². The summed E-state index contributed by atoms with van der Waals surface area (Å²) in [5.41, 5.74) is 3.33. The lowest BCUT2D eigenvalue weighted by Gasteiger charge is -2.36. The van der Waals surface area contributed by atoms with Crippen molar-refractivity contribution in [1.82, 2.24) is 4.90 Å². The Balaban J connectivity index is 1.29. The maximum Gasteiger partial charge on any atom is 0.264 e. The molecule has 1 fully saturated rings. The molecule has 1 saturated heterocycles. The number of nitrogens with zero attached hydrogens (tertiary/aromatic N) is 3. The van der Waals surface area contributed by atoms with E-state index in [1.807, 2.05) is 71.6 Å². The number of carbonyl (C=O) groups is 2. The molecule has 0 atom stereocenters. The summed E-state index contributed by atoms with van der Waals surface area (Å²) in [6.07, 6.45) is 1.85. The van der Waals surface area contributed by atoms with Crippen LogP contribution in [-0.4, -0.2) is 57.1 Å². The fourth-order valence-electron chi connectivity index (χ4n) is 4.42. The van der Waals surface area contributed by atoms with Crippen molar-refractivity contribution in [3.05, 3.63) is 87.8 Å². The van der Waals surface area contributed by atoms with Crippen LogP contribution in [0, 0.1) is 0 Å². The first kappa shape index (κ1) is 24.3. The van der Waals surface area contributed by atoms with E-state index in [-0.39, 0.29) is 11.8 Å². The summed E-state index contributed by atoms with van der Waals surface area (Å²) in [6, 6.07) is 21.0. The van der Waals surface area contributed by atoms with Crippen LogP contribution in [0.15, 0.2) is 76.5 Å². The minimum atomic E-state index is -0.106. The van der Waals surface area contributed by atoms with Gasteiger partial charge in [-0.3, -0.25) is 9.59 Å². The number of likely N-dealkylation sites (N-methyl/N-ethyl adjacent to an activating group) is 1. The minimum absolute atomic E-state index is 0.0155. The predicted octanol–water partition coefficient (Wildman–Crippen LogP) is 5.42. The largest absolute Gasteiger partial charge is 0.497 e. The van der Waals surface area contributed by atoms with Crippen LogP contribution in [0.5, 0.6) is 5.75 Å². The minimum Gasteiger partial charge on any atom is -0.497 e. The van der Waals surface area contributed by atoms with Crippen LogP contribution < -0.4 is 14.5 Å². The zero-order valence-electron chi connectivity index (χ0n) is 20.1. The lowest BCUT2D eigenvalue weighted by molar-refractivity contribution is -0.114. The topological polar surface area (TPSA) is 53.1 Å². The van der Waals surface area contributed by atoms with Gasteiger partial charge in [0.15, 0.2) is 0 Å². The molecule has 0 aliphatic carbocycles. The molecule has 0 spiro atoms. The molecule has 2 heterocycles. The molecular weight excluding hydrogens is 494 g/mol. The fraction of sp³-hybridized carbons (Fsp3) is 0.214. The lowest BCUT2D eigenvalue weighted by atomic mass is 10.1. The lowest BCUT2D eigenvalue weighted by Crippen LogP contribution is -2.48. The van der Waals surface area contributed by atoms with Crippen LogP contribution in [0.4, 0.5) is 11.4 Å². The standard InChI is InChI=1S/C28H26ClN3O3S/c1-30-24-18-20(6-11-25(24)36-26(28(30)34)17-19-4-3-5-21(29)16-19)27(33)32-14-12-31(13-15-32)22-7-9-23(35-2)10-8-22/h3-11,16-18H,12-15H2,1-2H3. The summed E-state index contributed by atoms with van der Waals surface area (Å²) < 4.78 is 5.24. The molecule has 0 N–H and O–H groups in total. The molecule has 0 saturated carbocycles. The monoisotopic (exact) mass is 519 g/mol. The van der Waals surface area contributed by atoms with Gasteiger partial charge in [0, 0.05) is 54.4 Å². The van der Waals surface area contributed by atoms with Gasteiger partial charge in [-0.05, 0) is 66.2 Å². The number of methoxy groups -OCH3 is 1. The van der Waals surface area contributed by atoms with E-state index in [1.165, 1.54) is 11.8 Å². The van der Waals surface area contributed by atoms with Crippen molar-refractivity contribution in [2.45, 2.75) is 4.90 Å². The summed E-state index contributed by atoms with van der Waals surface area (Å²) in [5.74, 6) is 0.706. The van der Waals surface area contributed by atoms with Crippen molar-refractivity contribution in [3.63, 3.8) is 0 Å². The van der Waals surface area contributed by atoms with E-state index in [0.29, 0.717) is 28.6 Å². The summed E-state index contributed by atoms with van der Waals surface area (Å²) in [6.45, 7) is 2.79. The molecule has 2 aliphatic heterocycles. The number of halogens is 1. The molecule has 2 amide bonds. The number of hydrogen-bond acceptors (Lipinski definition) is 5. The van der Waals surface area contributed by atoms with Crippen LogP contribution in [0.2, 0.25) is 5.02 Å². The number of fused-ring (bicyclic) bond motifs is 1. The van der Waals surface area contributed by atoms with Gasteiger partial charge >= 0.3 is 0 Å². The average molecular weight is 520 g/mol. The molecule has 36 heavy (non-hydrogen) atoms. The summed E-state index contributed by atoms with van der Waals surface area (Å²) in [5, 5.41) is 0.624. The molecule has 6 nitrogen and oxygen atoms in total. The molecule has 2 aliphatic rings. The van der Waals surface area contributed by atoms with Gasteiger partial charge in [0.1, 0.15) is 5.75 Å². The van der Waals surface area contributed by atoms with E-state index in [4.69, 9.17) is 16.3 Å². The van der Waals surface area contributed by atoms with Gasteiger partial charge in [-0.25, -0.2) is 0 Å². The Labute approximate surface area is 220 Å². The first-order chi connectivity index (χ1) is 17.4. The van der Waals surface area contributed by atoms with E-state index < -0.39 is 0 Å². The van der Waals surface area contributed by atoms with E-state index in [1.54, 1.807) is 25.1 Å². The third kappa shape index (κ3) is 4.94. The molecule has 5 rings (SSSR count). The normalized spacial score (nSPS) is 16.8. The van der Waals surface area contributed by atoms with E-state index in [9.17, 15) is 9.59 Å². The number of piperazine rings is 1. The highest BCUT2D eigenvalue weighted by Gasteiger charge is 2.29. The molecule has 0 bridgehead atoms. The SMILES string of the molecule is COc1ccc(N2CCN(C(=O)c3ccc4c(c3)N(C)C(=O)C(=Cc3cccc(Cl)c3)S4)CC2)cc1. The molecule has 8 heteroatoms. The van der Waals surface area contributed by atoms with Crippen LogP contribution in [0.25, 0.3) is 6.08 Å². The third-order valence-corrected chi connectivity index (χ3v) is 7.77. The number of rotatable bonds is 4. The van der Waals surface area contributed by atoms with E-state index >= 15 is 0 Å². The highest BCUT2D eigenvalue weighted by atomic mass is 35.5. The summed E-state index contributed by atoms with van der Waals surface area (Å²) >= 11 is 7.51. The van der Waals surface area contributed by atoms with Gasteiger partial charge in [-0.1, -0.05) is 35.5 Å². The second-order valence-corrected chi connectivity index (χ2v) is 10.2. The molecule has 3 aromatic carbocycles. The van der Waals surface area contributed by atoms with E-state index in [0.717, 1.165) is 40.7 Å². The number of ether oxygens (including phenoxy) is 1. The number of carbonyl (C=O) groups excluding carboxylic acids is 2. The molecular formula is C28H26ClN3O3S. The van der Waals surface area contributed by atoms with Crippen molar-refractivity contribution >= 4 is 52.6 Å². The van der Waals surface area contributed by atoms with Gasteiger partial charge in [0.05, 0.1) is 17.7 Å². The van der Waals surface area contributed by atoms with Gasteiger partial charge in [0.2, 0.25) is 0 Å². The van der Waals surface area contributed by atoms with Crippen molar-refractivity contribution in [2.24, 2.45) is 0 Å². The zero-order valence-corrected chi connectivity index (χ0v) is 21.7. The average Bonchev–Trinajstić information content (AvgIpc) is 2.91. The molecule has 184 valence electrons. The van der Waals surface area contributed by atoms with Gasteiger partial charge in [-0.2, -0.15) is 0 Å². The van der Waals surface area contributed by atoms with Crippen LogP contribution in [-0.2, 0) is 4.79 Å². The Morgan fingerprint density at radius 3 is 2.44 bits per heavy atom. The first-order valence-corrected chi connectivity index (χ1v) is 12.9. The number of anilines is 2. The Bertz CT molecular complexity index is 1330. The first-order valence-electron chi connectivity index (χ1n) is 11.7. The number of thioether (sulfide) groups is 1. The third-order valence-electron chi connectivity index (χ3n) is 6.45. The van der Waals surface area contributed by atoms with Crippen molar-refractivity contribution in [2.75, 3.05) is 50.1 Å². The van der Waals surface area contributed by atoms with Crippen LogP contribution >= 0.6 is 23.4 Å². The Morgan fingerprint density at radius 1 is 1.00 bits per heavy atom. The Hall–Kier alpha value is -3.42. The quantitative estimate of drug-likeness (QED) is 0.431. The summed E-state index contributed by atoms with van der Waals surface area (Å²) in [7, 11) is 3.40. The summed E-state index contributed by atoms with van der Waals surface area (Å²) in [4.78, 5) is 33.7. The maximum atomic E-state index is 13.3. The van der Waals surface area contributed by atoms with Gasteiger partial charge in [0.25, 0.3) is 11.8 Å². The highest BCUT2D eigenvalue weighted by molar-refractivity contribution is 8.04. The molecule has 0 aromatic heterocycles. The van der Waals surface area contributed by atoms with Crippen molar-refractivity contribution in [3.8, 4) is 5.75 Å². The number of amides is 2. The fourth-order valence-corrected chi connectivity index (χ4v) is 5.71. The Morgan fingerprint density at radius 2 is 1.75 bits per heavy atom.